The molecule has 2 aromatic rings. The number of likely N-dealkylation sites (tertiary alicyclic amines) is 1. The zero-order valence-electron chi connectivity index (χ0n) is 15.9. The molecule has 0 bridgehead atoms. The van der Waals surface area contributed by atoms with E-state index in [1.165, 1.54) is 57.0 Å². The molecule has 0 radical (unpaired) electrons. The summed E-state index contributed by atoms with van der Waals surface area (Å²) in [6.07, 6.45) is 11.2. The van der Waals surface area contributed by atoms with Gasteiger partial charge in [-0.05, 0) is 64.0 Å². The Morgan fingerprint density at radius 1 is 1.23 bits per heavy atom. The molecule has 1 saturated carbocycles. The predicted octanol–water partition coefficient (Wildman–Crippen LogP) is 1.76. The molecule has 5 nitrogen and oxygen atoms in total. The molecule has 1 aromatic heterocycles. The quantitative estimate of drug-likeness (QED) is 0.703. The Bertz CT molecular complexity index is 762. The molecule has 2 heterocycles. The average Bonchev–Trinajstić information content (AvgIpc) is 3.31. The summed E-state index contributed by atoms with van der Waals surface area (Å²) in [5.74, 6) is 0.0398. The smallest absolute Gasteiger partial charge is 0.251 e. The Balaban J connectivity index is 1.37. The number of benzene rings is 1. The van der Waals surface area contributed by atoms with Crippen LogP contribution in [0.1, 0.15) is 68.3 Å². The average molecular weight is 357 g/mol. The van der Waals surface area contributed by atoms with Gasteiger partial charge in [-0.25, -0.2) is 9.55 Å². The number of carbonyl (C=O) groups excluding carboxylic acids is 1. The van der Waals surface area contributed by atoms with E-state index in [1.54, 1.807) is 4.90 Å². The van der Waals surface area contributed by atoms with Crippen LogP contribution in [0.25, 0.3) is 11.0 Å². The van der Waals surface area contributed by atoms with E-state index >= 15 is 0 Å². The van der Waals surface area contributed by atoms with Crippen molar-refractivity contribution in [2.75, 3.05) is 19.6 Å². The first-order valence-electron chi connectivity index (χ1n) is 10.4. The van der Waals surface area contributed by atoms with Crippen LogP contribution >= 0.6 is 0 Å². The number of carbonyl (C=O) groups is 1. The number of rotatable bonds is 5. The number of hydrogen-bond acceptors (Lipinski definition) is 1. The fraction of sp³-hybridized carbons (Fsp3) is 0.619. The van der Waals surface area contributed by atoms with Gasteiger partial charge in [0.05, 0.1) is 25.7 Å². The standard InChI is InChI=1S/C21H30N4O/c1-16-6-4-5-12-24(16)13-11-22-21(26)17-9-10-20-19(14-17)23-15-25(20)18-7-2-3-8-18/h9-10,14-16,18H,2-8,11-13H2,1H3,(H,22,26)/p+2. The second-order valence-corrected chi connectivity index (χ2v) is 8.16. The van der Waals surface area contributed by atoms with Gasteiger partial charge in [-0.15, -0.1) is 0 Å². The van der Waals surface area contributed by atoms with E-state index < -0.39 is 0 Å². The molecule has 1 amide bonds. The Morgan fingerprint density at radius 3 is 2.85 bits per heavy atom. The Labute approximate surface area is 155 Å². The molecule has 1 aliphatic heterocycles. The number of hydrogen-bond donors (Lipinski definition) is 3. The summed E-state index contributed by atoms with van der Waals surface area (Å²) in [7, 11) is 0. The fourth-order valence-electron chi connectivity index (χ4n) is 4.77. The highest BCUT2D eigenvalue weighted by Crippen LogP contribution is 2.26. The minimum absolute atomic E-state index is 0.0398. The van der Waals surface area contributed by atoms with Gasteiger partial charge in [0.25, 0.3) is 5.91 Å². The summed E-state index contributed by atoms with van der Waals surface area (Å²) in [6, 6.07) is 7.39. The first-order valence-corrected chi connectivity index (χ1v) is 10.4. The van der Waals surface area contributed by atoms with Crippen LogP contribution in [0.15, 0.2) is 24.5 Å². The summed E-state index contributed by atoms with van der Waals surface area (Å²) in [6.45, 7) is 5.35. The third-order valence-electron chi connectivity index (χ3n) is 6.43. The van der Waals surface area contributed by atoms with Crippen LogP contribution in [-0.2, 0) is 0 Å². The molecule has 4 rings (SSSR count). The van der Waals surface area contributed by atoms with Crippen LogP contribution < -0.4 is 14.8 Å². The van der Waals surface area contributed by atoms with E-state index in [9.17, 15) is 4.79 Å². The third kappa shape index (κ3) is 3.63. The fourth-order valence-corrected chi connectivity index (χ4v) is 4.77. The van der Waals surface area contributed by atoms with Gasteiger partial charge in [0, 0.05) is 11.6 Å². The van der Waals surface area contributed by atoms with Crippen LogP contribution in [0.2, 0.25) is 0 Å². The van der Waals surface area contributed by atoms with Gasteiger partial charge in [-0.1, -0.05) is 0 Å². The second-order valence-electron chi connectivity index (χ2n) is 8.16. The molecule has 2 atom stereocenters. The molecular weight excluding hydrogens is 324 g/mol. The third-order valence-corrected chi connectivity index (χ3v) is 6.43. The van der Waals surface area contributed by atoms with E-state index in [-0.39, 0.29) is 5.91 Å². The van der Waals surface area contributed by atoms with Gasteiger partial charge in [-0.3, -0.25) is 4.79 Å². The number of fused-ring (bicyclic) bond motifs is 1. The van der Waals surface area contributed by atoms with Crippen molar-refractivity contribution >= 4 is 16.9 Å². The Hall–Kier alpha value is -1.88. The van der Waals surface area contributed by atoms with Crippen molar-refractivity contribution in [2.45, 2.75) is 64.0 Å². The van der Waals surface area contributed by atoms with E-state index in [1.807, 2.05) is 12.1 Å². The zero-order valence-corrected chi connectivity index (χ0v) is 15.9. The van der Waals surface area contributed by atoms with Crippen molar-refractivity contribution in [2.24, 2.45) is 0 Å². The van der Waals surface area contributed by atoms with Crippen molar-refractivity contribution in [1.29, 1.82) is 0 Å². The number of nitrogens with zero attached hydrogens (tertiary/aromatic N) is 1. The maximum absolute atomic E-state index is 12.5. The lowest BCUT2D eigenvalue weighted by molar-refractivity contribution is -0.927. The summed E-state index contributed by atoms with van der Waals surface area (Å²) in [5.41, 5.74) is 3.01. The number of H-pyrrole nitrogens is 1. The van der Waals surface area contributed by atoms with E-state index in [0.29, 0.717) is 6.04 Å². The van der Waals surface area contributed by atoms with Crippen molar-refractivity contribution in [3.05, 3.63) is 30.1 Å². The number of nitrogens with one attached hydrogen (secondary N) is 3. The van der Waals surface area contributed by atoms with Crippen LogP contribution in [0, 0.1) is 0 Å². The number of aromatic nitrogens is 2. The van der Waals surface area contributed by atoms with Crippen molar-refractivity contribution in [1.82, 2.24) is 10.3 Å². The first-order chi connectivity index (χ1) is 12.7. The zero-order chi connectivity index (χ0) is 17.9. The number of piperidine rings is 1. The molecular formula is C21H32N4O+2. The van der Waals surface area contributed by atoms with Gasteiger partial charge < -0.3 is 10.2 Å². The van der Waals surface area contributed by atoms with E-state index in [2.05, 4.69) is 34.2 Å². The van der Waals surface area contributed by atoms with Gasteiger partial charge in [0.15, 0.2) is 11.0 Å². The second kappa shape index (κ2) is 7.78. The molecule has 1 aromatic carbocycles. The molecule has 2 aliphatic rings. The number of imidazole rings is 1. The number of aromatic amines is 1. The van der Waals surface area contributed by atoms with Crippen molar-refractivity contribution in [3.8, 4) is 0 Å². The molecule has 3 N–H and O–H groups in total. The van der Waals surface area contributed by atoms with Gasteiger partial charge in [-0.2, -0.15) is 0 Å². The molecule has 140 valence electrons. The molecule has 2 unspecified atom stereocenters. The highest BCUT2D eigenvalue weighted by atomic mass is 16.1. The van der Waals surface area contributed by atoms with Crippen molar-refractivity contribution in [3.63, 3.8) is 0 Å². The highest BCUT2D eigenvalue weighted by Gasteiger charge is 2.24. The lowest BCUT2D eigenvalue weighted by atomic mass is 10.0. The normalized spacial score (nSPS) is 24.2. The monoisotopic (exact) mass is 356 g/mol. The van der Waals surface area contributed by atoms with Crippen LogP contribution in [-0.4, -0.2) is 36.6 Å². The van der Waals surface area contributed by atoms with E-state index in [0.717, 1.165) is 30.2 Å². The summed E-state index contributed by atoms with van der Waals surface area (Å²) in [5, 5.41) is 3.11. The lowest BCUT2D eigenvalue weighted by Crippen LogP contribution is -3.16. The SMILES string of the molecule is CC1CCCC[NH+]1CCNC(=O)c1ccc2c(c1)[nH]c[n+]2C1CCCC1. The number of quaternary nitrogens is 1. The van der Waals surface area contributed by atoms with Gasteiger partial charge >= 0.3 is 0 Å². The lowest BCUT2D eigenvalue weighted by Gasteiger charge is -2.30. The largest absolute Gasteiger partial charge is 0.346 e. The van der Waals surface area contributed by atoms with Gasteiger partial charge in [0.2, 0.25) is 6.33 Å². The molecule has 5 heteroatoms. The summed E-state index contributed by atoms with van der Waals surface area (Å²) < 4.78 is 2.35. The Morgan fingerprint density at radius 2 is 2.04 bits per heavy atom. The van der Waals surface area contributed by atoms with Crippen LogP contribution in [0.5, 0.6) is 0 Å². The molecule has 26 heavy (non-hydrogen) atoms. The van der Waals surface area contributed by atoms with Crippen LogP contribution in [0.3, 0.4) is 0 Å². The highest BCUT2D eigenvalue weighted by molar-refractivity contribution is 5.96. The summed E-state index contributed by atoms with van der Waals surface area (Å²) >= 11 is 0. The molecule has 2 fully saturated rings. The van der Waals surface area contributed by atoms with Crippen LogP contribution in [0.4, 0.5) is 0 Å². The minimum atomic E-state index is 0.0398. The topological polar surface area (TPSA) is 53.2 Å². The summed E-state index contributed by atoms with van der Waals surface area (Å²) in [4.78, 5) is 17.5. The maximum atomic E-state index is 12.5. The molecule has 0 spiro atoms. The Kier molecular flexibility index (Phi) is 5.25. The molecule has 1 saturated heterocycles. The van der Waals surface area contributed by atoms with Gasteiger partial charge in [0.1, 0.15) is 6.04 Å². The number of amides is 1. The predicted molar refractivity (Wildman–Crippen MR) is 102 cm³/mol. The molecule has 1 aliphatic carbocycles. The maximum Gasteiger partial charge on any atom is 0.251 e. The minimum Gasteiger partial charge on any atom is -0.346 e. The van der Waals surface area contributed by atoms with E-state index in [4.69, 9.17) is 0 Å². The first kappa shape index (κ1) is 17.5. The van der Waals surface area contributed by atoms with Crippen molar-refractivity contribution < 1.29 is 14.3 Å².